The zero-order chi connectivity index (χ0) is 10.6. The van der Waals surface area contributed by atoms with Crippen molar-refractivity contribution in [2.24, 2.45) is 0 Å². The number of carboxylic acid groups (broad SMARTS) is 1. The van der Waals surface area contributed by atoms with E-state index in [0.29, 0.717) is 11.2 Å². The van der Waals surface area contributed by atoms with E-state index in [9.17, 15) is 4.79 Å². The van der Waals surface area contributed by atoms with E-state index >= 15 is 0 Å². The number of carboxylic acids is 1. The van der Waals surface area contributed by atoms with Crippen molar-refractivity contribution in [2.45, 2.75) is 13.0 Å². The third-order valence-electron chi connectivity index (χ3n) is 1.50. The molecule has 2 N–H and O–H groups in total. The second-order valence-electron chi connectivity index (χ2n) is 2.84. The van der Waals surface area contributed by atoms with Crippen LogP contribution in [0.1, 0.15) is 16.6 Å². The smallest absolute Gasteiger partial charge is 0.347 e. The van der Waals surface area contributed by atoms with E-state index in [1.807, 2.05) is 13.2 Å². The maximum absolute atomic E-state index is 10.6. The summed E-state index contributed by atoms with van der Waals surface area (Å²) < 4.78 is 0. The average molecular weight is 232 g/mol. The Morgan fingerprint density at radius 1 is 1.86 bits per heavy atom. The van der Waals surface area contributed by atoms with Gasteiger partial charge in [0.1, 0.15) is 4.88 Å². The van der Waals surface area contributed by atoms with Crippen LogP contribution in [0.2, 0.25) is 0 Å². The van der Waals surface area contributed by atoms with Gasteiger partial charge in [0.25, 0.3) is 0 Å². The van der Waals surface area contributed by atoms with Gasteiger partial charge in [-0.3, -0.25) is 0 Å². The predicted octanol–water partition coefficient (Wildman–Crippen LogP) is 2.00. The highest BCUT2D eigenvalue weighted by Crippen LogP contribution is 2.19. The number of carbonyl (C=O) groups is 1. The van der Waals surface area contributed by atoms with Crippen LogP contribution in [0.25, 0.3) is 0 Å². The zero-order valence-corrected chi connectivity index (χ0v) is 9.61. The molecule has 0 amide bonds. The van der Waals surface area contributed by atoms with E-state index in [1.165, 1.54) is 6.20 Å². The number of nitrogens with one attached hydrogen (secondary N) is 1. The molecule has 0 aliphatic rings. The van der Waals surface area contributed by atoms with Gasteiger partial charge in [-0.15, -0.1) is 0 Å². The molecule has 0 aliphatic carbocycles. The Kier molecular flexibility index (Phi) is 4.21. The van der Waals surface area contributed by atoms with Crippen LogP contribution < -0.4 is 5.32 Å². The summed E-state index contributed by atoms with van der Waals surface area (Å²) in [4.78, 5) is 14.8. The number of aromatic nitrogens is 1. The van der Waals surface area contributed by atoms with Gasteiger partial charge < -0.3 is 10.4 Å². The fraction of sp³-hybridized carbons (Fsp3) is 0.500. The monoisotopic (exact) mass is 232 g/mol. The summed E-state index contributed by atoms with van der Waals surface area (Å²) in [6.07, 6.45) is 3.41. The molecule has 0 fully saturated rings. The average Bonchev–Trinajstić information content (AvgIpc) is 2.53. The lowest BCUT2D eigenvalue weighted by Crippen LogP contribution is -2.17. The van der Waals surface area contributed by atoms with Crippen LogP contribution in [0.5, 0.6) is 0 Å². The summed E-state index contributed by atoms with van der Waals surface area (Å²) >= 11 is 2.90. The fourth-order valence-corrected chi connectivity index (χ4v) is 2.29. The van der Waals surface area contributed by atoms with Gasteiger partial charge in [0.2, 0.25) is 0 Å². The van der Waals surface area contributed by atoms with Gasteiger partial charge in [0.15, 0.2) is 5.13 Å². The number of aromatic carboxylic acids is 1. The van der Waals surface area contributed by atoms with Crippen molar-refractivity contribution in [3.63, 3.8) is 0 Å². The molecule has 0 saturated carbocycles. The number of anilines is 1. The Morgan fingerprint density at radius 3 is 3.07 bits per heavy atom. The second-order valence-corrected chi connectivity index (χ2v) is 4.78. The van der Waals surface area contributed by atoms with Crippen LogP contribution in [0, 0.1) is 0 Å². The van der Waals surface area contributed by atoms with E-state index in [0.717, 1.165) is 17.1 Å². The van der Waals surface area contributed by atoms with Crippen molar-refractivity contribution < 1.29 is 9.90 Å². The van der Waals surface area contributed by atoms with Crippen LogP contribution in [-0.4, -0.2) is 34.1 Å². The van der Waals surface area contributed by atoms with Crippen molar-refractivity contribution in [1.82, 2.24) is 4.98 Å². The van der Waals surface area contributed by atoms with Gasteiger partial charge in [-0.1, -0.05) is 11.3 Å². The molecule has 78 valence electrons. The molecule has 1 unspecified atom stereocenters. The first-order valence-corrected chi connectivity index (χ1v) is 6.29. The van der Waals surface area contributed by atoms with Crippen molar-refractivity contribution in [1.29, 1.82) is 0 Å². The lowest BCUT2D eigenvalue weighted by atomic mass is 10.4. The highest BCUT2D eigenvalue weighted by Gasteiger charge is 2.09. The van der Waals surface area contributed by atoms with E-state index in [-0.39, 0.29) is 4.88 Å². The number of thiazole rings is 1. The molecule has 0 radical (unpaired) electrons. The minimum absolute atomic E-state index is 0.267. The molecule has 4 nitrogen and oxygen atoms in total. The topological polar surface area (TPSA) is 62.2 Å². The van der Waals surface area contributed by atoms with Crippen molar-refractivity contribution in [2.75, 3.05) is 17.3 Å². The standard InChI is InChI=1S/C8H12N2O2S2/c1-5(4-13-2)10-8-9-3-6(14-8)7(11)12/h3,5H,4H2,1-2H3,(H,9,10)(H,11,12). The third-order valence-corrected chi connectivity index (χ3v) is 3.25. The third kappa shape index (κ3) is 3.19. The minimum Gasteiger partial charge on any atom is -0.477 e. The molecule has 0 aliphatic heterocycles. The highest BCUT2D eigenvalue weighted by molar-refractivity contribution is 7.98. The zero-order valence-electron chi connectivity index (χ0n) is 7.98. The van der Waals surface area contributed by atoms with E-state index in [1.54, 1.807) is 11.8 Å². The minimum atomic E-state index is -0.923. The van der Waals surface area contributed by atoms with Crippen LogP contribution in [0.3, 0.4) is 0 Å². The maximum atomic E-state index is 10.6. The molecule has 1 rings (SSSR count). The van der Waals surface area contributed by atoms with Crippen LogP contribution >= 0.6 is 23.1 Å². The molecular weight excluding hydrogens is 220 g/mol. The number of hydrogen-bond acceptors (Lipinski definition) is 5. The number of nitrogens with zero attached hydrogens (tertiary/aromatic N) is 1. The fourth-order valence-electron chi connectivity index (χ4n) is 0.942. The largest absolute Gasteiger partial charge is 0.477 e. The summed E-state index contributed by atoms with van der Waals surface area (Å²) in [5.74, 6) is 0.0511. The first-order chi connectivity index (χ1) is 6.63. The molecule has 0 bridgehead atoms. The molecule has 0 spiro atoms. The van der Waals surface area contributed by atoms with E-state index in [2.05, 4.69) is 10.3 Å². The summed E-state index contributed by atoms with van der Waals surface area (Å²) in [6, 6.07) is 0.304. The molecule has 6 heteroatoms. The molecule has 0 aromatic carbocycles. The first kappa shape index (κ1) is 11.3. The Balaban J connectivity index is 2.55. The Bertz CT molecular complexity index is 314. The summed E-state index contributed by atoms with van der Waals surface area (Å²) in [5, 5.41) is 12.5. The molecule has 14 heavy (non-hydrogen) atoms. The van der Waals surface area contributed by atoms with Gasteiger partial charge in [0, 0.05) is 11.8 Å². The summed E-state index contributed by atoms with van der Waals surface area (Å²) in [5.41, 5.74) is 0. The molecule has 1 heterocycles. The molecule has 1 aromatic heterocycles. The lowest BCUT2D eigenvalue weighted by Gasteiger charge is -2.09. The van der Waals surface area contributed by atoms with Gasteiger partial charge in [-0.05, 0) is 13.2 Å². The maximum Gasteiger partial charge on any atom is 0.347 e. The molecule has 1 atom stereocenters. The van der Waals surface area contributed by atoms with Crippen molar-refractivity contribution in [3.8, 4) is 0 Å². The quantitative estimate of drug-likeness (QED) is 0.813. The van der Waals surface area contributed by atoms with Crippen LogP contribution in [0.4, 0.5) is 5.13 Å². The lowest BCUT2D eigenvalue weighted by molar-refractivity contribution is 0.0702. The van der Waals surface area contributed by atoms with E-state index in [4.69, 9.17) is 5.11 Å². The highest BCUT2D eigenvalue weighted by atomic mass is 32.2. The van der Waals surface area contributed by atoms with Crippen LogP contribution in [0.15, 0.2) is 6.20 Å². The SMILES string of the molecule is CSCC(C)Nc1ncc(C(=O)O)s1. The Morgan fingerprint density at radius 2 is 2.57 bits per heavy atom. The summed E-state index contributed by atoms with van der Waals surface area (Å²) in [6.45, 7) is 2.04. The molecule has 1 aromatic rings. The normalized spacial score (nSPS) is 12.4. The second kappa shape index (κ2) is 5.21. The van der Waals surface area contributed by atoms with E-state index < -0.39 is 5.97 Å². The first-order valence-electron chi connectivity index (χ1n) is 4.08. The van der Waals surface area contributed by atoms with Crippen molar-refractivity contribution in [3.05, 3.63) is 11.1 Å². The number of rotatable bonds is 5. The Labute approximate surface area is 90.7 Å². The van der Waals surface area contributed by atoms with Gasteiger partial charge in [-0.25, -0.2) is 9.78 Å². The van der Waals surface area contributed by atoms with Gasteiger partial charge in [-0.2, -0.15) is 11.8 Å². The molecular formula is C8H12N2O2S2. The van der Waals surface area contributed by atoms with Crippen LogP contribution in [-0.2, 0) is 0 Å². The van der Waals surface area contributed by atoms with Crippen molar-refractivity contribution >= 4 is 34.2 Å². The van der Waals surface area contributed by atoms with Gasteiger partial charge in [0.05, 0.1) is 6.20 Å². The summed E-state index contributed by atoms with van der Waals surface area (Å²) in [7, 11) is 0. The van der Waals surface area contributed by atoms with Gasteiger partial charge >= 0.3 is 5.97 Å². The Hall–Kier alpha value is -0.750. The number of hydrogen-bond donors (Lipinski definition) is 2. The predicted molar refractivity (Wildman–Crippen MR) is 60.5 cm³/mol. The molecule has 0 saturated heterocycles. The number of thioether (sulfide) groups is 1.